The first-order chi connectivity index (χ1) is 17.8. The number of rotatable bonds is 11. The van der Waals surface area contributed by atoms with Crippen LogP contribution in [0.3, 0.4) is 0 Å². The average Bonchev–Trinajstić information content (AvgIpc) is 2.88. The molecule has 0 radical (unpaired) electrons. The number of hydrogen-bond donors (Lipinski definition) is 0. The quantitative estimate of drug-likeness (QED) is 0.269. The van der Waals surface area contributed by atoms with Crippen LogP contribution in [0.2, 0.25) is 20.1 Å². The van der Waals surface area contributed by atoms with Gasteiger partial charge < -0.3 is 4.90 Å². The molecule has 1 fully saturated rings. The highest BCUT2D eigenvalue weighted by molar-refractivity contribution is 7.88. The van der Waals surface area contributed by atoms with Gasteiger partial charge in [0.2, 0.25) is 10.0 Å². The maximum absolute atomic E-state index is 17.0. The molecule has 0 spiro atoms. The zero-order valence-corrected chi connectivity index (χ0v) is 25.5. The predicted molar refractivity (Wildman–Crippen MR) is 155 cm³/mol. The third kappa shape index (κ3) is 7.62. The van der Waals surface area contributed by atoms with Gasteiger partial charge in [0.1, 0.15) is 0 Å². The van der Waals surface area contributed by atoms with Gasteiger partial charge in [-0.2, -0.15) is 0 Å². The van der Waals surface area contributed by atoms with Crippen LogP contribution in [0.4, 0.5) is 4.39 Å². The van der Waals surface area contributed by atoms with E-state index in [1.165, 1.54) is 28.8 Å². The number of piperidine rings is 1. The van der Waals surface area contributed by atoms with Crippen molar-refractivity contribution in [3.63, 3.8) is 0 Å². The molecule has 0 aliphatic carbocycles. The lowest BCUT2D eigenvalue weighted by molar-refractivity contribution is -0.136. The van der Waals surface area contributed by atoms with E-state index in [1.807, 2.05) is 6.92 Å². The molecule has 11 heteroatoms. The molecule has 1 saturated heterocycles. The van der Waals surface area contributed by atoms with Gasteiger partial charge in [0.15, 0.2) is 11.5 Å². The average molecular weight is 626 g/mol. The van der Waals surface area contributed by atoms with E-state index in [0.717, 1.165) is 5.56 Å². The first-order valence-corrected chi connectivity index (χ1v) is 15.9. The van der Waals surface area contributed by atoms with Crippen LogP contribution in [0.15, 0.2) is 36.4 Å². The van der Waals surface area contributed by atoms with Crippen molar-refractivity contribution in [3.8, 4) is 0 Å². The molecule has 0 amide bonds. The first kappa shape index (κ1) is 31.6. The highest BCUT2D eigenvalue weighted by Crippen LogP contribution is 2.39. The van der Waals surface area contributed by atoms with Crippen molar-refractivity contribution in [2.75, 3.05) is 32.9 Å². The van der Waals surface area contributed by atoms with Gasteiger partial charge in [0.05, 0.1) is 26.3 Å². The van der Waals surface area contributed by atoms with Gasteiger partial charge in [-0.3, -0.25) is 4.79 Å². The summed E-state index contributed by atoms with van der Waals surface area (Å²) >= 11 is 24.5. The molecule has 1 aliphatic heterocycles. The Hall–Kier alpha value is -0.930. The number of sulfonamides is 1. The Morgan fingerprint density at radius 2 is 1.63 bits per heavy atom. The second kappa shape index (κ2) is 13.2. The summed E-state index contributed by atoms with van der Waals surface area (Å²) in [6.07, 6.45) is 3.17. The van der Waals surface area contributed by atoms with Crippen LogP contribution in [0.5, 0.6) is 0 Å². The fourth-order valence-electron chi connectivity index (χ4n) is 4.94. The SMILES string of the molecule is CCC(Cc1ccc(Cl)c(Cl)c1)C(=O)C(F)(CCN1CCC(N(C)S(C)(=O)=O)CC1)c1ccc(Cl)c(Cl)c1. The van der Waals surface area contributed by atoms with Crippen molar-refractivity contribution in [2.45, 2.75) is 50.7 Å². The molecule has 2 aromatic rings. The smallest absolute Gasteiger partial charge is 0.211 e. The van der Waals surface area contributed by atoms with Gasteiger partial charge in [-0.25, -0.2) is 17.1 Å². The summed E-state index contributed by atoms with van der Waals surface area (Å²) in [5.74, 6) is -1.11. The molecule has 0 saturated carbocycles. The zero-order chi connectivity index (χ0) is 28.3. The van der Waals surface area contributed by atoms with Crippen LogP contribution in [-0.4, -0.2) is 62.4 Å². The number of carbonyl (C=O) groups is 1. The van der Waals surface area contributed by atoms with E-state index in [-0.39, 0.29) is 28.1 Å². The number of likely N-dealkylation sites (tertiary alicyclic amines) is 1. The van der Waals surface area contributed by atoms with Crippen LogP contribution < -0.4 is 0 Å². The van der Waals surface area contributed by atoms with Gasteiger partial charge in [-0.15, -0.1) is 0 Å². The number of benzene rings is 2. The van der Waals surface area contributed by atoms with Crippen LogP contribution in [0, 0.1) is 5.92 Å². The monoisotopic (exact) mass is 624 g/mol. The maximum Gasteiger partial charge on any atom is 0.211 e. The third-order valence-corrected chi connectivity index (χ3v) is 10.3. The summed E-state index contributed by atoms with van der Waals surface area (Å²) in [5, 5.41) is 1.26. The number of ketones is 1. The number of nitrogens with zero attached hydrogens (tertiary/aromatic N) is 2. The molecule has 0 aromatic heterocycles. The number of carbonyl (C=O) groups excluding carboxylic acids is 1. The van der Waals surface area contributed by atoms with Crippen LogP contribution in [-0.2, 0) is 26.9 Å². The molecule has 3 rings (SSSR count). The number of halogens is 5. The van der Waals surface area contributed by atoms with Crippen molar-refractivity contribution in [3.05, 3.63) is 67.6 Å². The molecule has 38 heavy (non-hydrogen) atoms. The fraction of sp³-hybridized carbons (Fsp3) is 0.519. The van der Waals surface area contributed by atoms with Gasteiger partial charge in [0.25, 0.3) is 0 Å². The Balaban J connectivity index is 1.81. The third-order valence-electron chi connectivity index (χ3n) is 7.46. The minimum absolute atomic E-state index is 0.0613. The summed E-state index contributed by atoms with van der Waals surface area (Å²) < 4.78 is 42.2. The van der Waals surface area contributed by atoms with Crippen molar-refractivity contribution in [1.29, 1.82) is 0 Å². The Morgan fingerprint density at radius 1 is 1.05 bits per heavy atom. The van der Waals surface area contributed by atoms with Crippen molar-refractivity contribution in [1.82, 2.24) is 9.21 Å². The standard InChI is InChI=1S/C27H33Cl4FN2O3S/c1-4-19(15-18-5-7-22(28)24(30)16-18)26(35)27(32,20-6-8-23(29)25(31)17-20)11-14-34-12-9-21(10-13-34)33(2)38(3,36)37/h5-8,16-17,19,21H,4,9-15H2,1-3H3. The van der Waals surface area contributed by atoms with E-state index in [1.54, 1.807) is 25.2 Å². The van der Waals surface area contributed by atoms with Crippen LogP contribution in [0.25, 0.3) is 0 Å². The lowest BCUT2D eigenvalue weighted by Gasteiger charge is -2.37. The summed E-state index contributed by atoms with van der Waals surface area (Å²) in [6.45, 7) is 3.41. The first-order valence-electron chi connectivity index (χ1n) is 12.5. The lowest BCUT2D eigenvalue weighted by Crippen LogP contribution is -2.47. The molecule has 2 unspecified atom stereocenters. The number of Topliss-reactive ketones (excluding diaryl/α,β-unsaturated/α-hetero) is 1. The molecule has 2 aromatic carbocycles. The van der Waals surface area contributed by atoms with E-state index in [0.29, 0.717) is 55.4 Å². The Labute approximate surface area is 245 Å². The summed E-state index contributed by atoms with van der Waals surface area (Å²) in [6, 6.07) is 9.53. The molecule has 1 aliphatic rings. The number of alkyl halides is 1. The predicted octanol–water partition coefficient (Wildman–Crippen LogP) is 7.05. The van der Waals surface area contributed by atoms with E-state index in [2.05, 4.69) is 4.90 Å². The molecule has 0 bridgehead atoms. The Bertz CT molecular complexity index is 1250. The minimum atomic E-state index is -3.28. The number of hydrogen-bond acceptors (Lipinski definition) is 4. The van der Waals surface area contributed by atoms with Crippen LogP contribution >= 0.6 is 46.4 Å². The Kier molecular flexibility index (Phi) is 10.9. The van der Waals surface area contributed by atoms with Gasteiger partial charge in [0, 0.05) is 32.0 Å². The van der Waals surface area contributed by atoms with Crippen molar-refractivity contribution < 1.29 is 17.6 Å². The lowest BCUT2D eigenvalue weighted by atomic mass is 9.79. The molecule has 2 atom stereocenters. The topological polar surface area (TPSA) is 57.7 Å². The summed E-state index contributed by atoms with van der Waals surface area (Å²) in [4.78, 5) is 15.9. The second-order valence-electron chi connectivity index (χ2n) is 9.95. The van der Waals surface area contributed by atoms with Crippen molar-refractivity contribution >= 4 is 62.2 Å². The zero-order valence-electron chi connectivity index (χ0n) is 21.7. The maximum atomic E-state index is 17.0. The summed E-state index contributed by atoms with van der Waals surface area (Å²) in [7, 11) is -1.70. The second-order valence-corrected chi connectivity index (χ2v) is 13.6. The van der Waals surface area contributed by atoms with Gasteiger partial charge >= 0.3 is 0 Å². The molecule has 1 heterocycles. The highest BCUT2D eigenvalue weighted by atomic mass is 35.5. The van der Waals surface area contributed by atoms with E-state index >= 15 is 4.39 Å². The van der Waals surface area contributed by atoms with E-state index < -0.39 is 27.4 Å². The normalized spacial score (nSPS) is 17.9. The highest BCUT2D eigenvalue weighted by Gasteiger charge is 2.44. The molecular weight excluding hydrogens is 593 g/mol. The molecular formula is C27H33Cl4FN2O3S. The van der Waals surface area contributed by atoms with Crippen LogP contribution in [0.1, 0.15) is 43.7 Å². The largest absolute Gasteiger partial charge is 0.303 e. The summed E-state index contributed by atoms with van der Waals surface area (Å²) in [5.41, 5.74) is -1.31. The fourth-order valence-corrected chi connectivity index (χ4v) is 6.31. The minimum Gasteiger partial charge on any atom is -0.303 e. The Morgan fingerprint density at radius 3 is 2.16 bits per heavy atom. The molecule has 210 valence electrons. The van der Waals surface area contributed by atoms with E-state index in [4.69, 9.17) is 46.4 Å². The molecule has 0 N–H and O–H groups in total. The molecule has 5 nitrogen and oxygen atoms in total. The van der Waals surface area contributed by atoms with Gasteiger partial charge in [-0.1, -0.05) is 65.5 Å². The van der Waals surface area contributed by atoms with Crippen molar-refractivity contribution in [2.24, 2.45) is 5.92 Å². The van der Waals surface area contributed by atoms with Gasteiger partial charge in [-0.05, 0) is 74.2 Å². The van der Waals surface area contributed by atoms with E-state index in [9.17, 15) is 13.2 Å².